The van der Waals surface area contributed by atoms with Crippen molar-refractivity contribution in [1.82, 2.24) is 18.7 Å². The molecule has 2 aromatic rings. The summed E-state index contributed by atoms with van der Waals surface area (Å²) in [6.07, 6.45) is 0.797. The van der Waals surface area contributed by atoms with Gasteiger partial charge in [-0.15, -0.1) is 0 Å². The van der Waals surface area contributed by atoms with E-state index in [9.17, 15) is 9.59 Å². The van der Waals surface area contributed by atoms with Crippen LogP contribution >= 0.6 is 0 Å². The number of hydrogen-bond donors (Lipinski definition) is 1. The van der Waals surface area contributed by atoms with Gasteiger partial charge in [-0.2, -0.15) is 0 Å². The van der Waals surface area contributed by atoms with E-state index in [1.165, 1.54) is 4.57 Å². The van der Waals surface area contributed by atoms with Gasteiger partial charge in [-0.1, -0.05) is 6.92 Å². The average Bonchev–Trinajstić information content (AvgIpc) is 2.67. The van der Waals surface area contributed by atoms with E-state index in [0.717, 1.165) is 6.42 Å². The highest BCUT2D eigenvalue weighted by Crippen LogP contribution is 2.09. The molecule has 2 heterocycles. The first-order valence-electron chi connectivity index (χ1n) is 6.39. The molecule has 104 valence electrons. The quantitative estimate of drug-likeness (QED) is 0.812. The Morgan fingerprint density at radius 2 is 1.89 bits per heavy atom. The maximum Gasteiger partial charge on any atom is 0.332 e. The van der Waals surface area contributed by atoms with Crippen LogP contribution in [0.5, 0.6) is 0 Å². The van der Waals surface area contributed by atoms with Crippen LogP contribution in [0.1, 0.15) is 19.2 Å². The minimum Gasteiger partial charge on any atom is -0.329 e. The molecule has 19 heavy (non-hydrogen) atoms. The molecule has 0 radical (unpaired) electrons. The lowest BCUT2D eigenvalue weighted by molar-refractivity contribution is 0.565. The lowest BCUT2D eigenvalue weighted by atomic mass is 10.4. The highest BCUT2D eigenvalue weighted by atomic mass is 16.2. The third-order valence-corrected chi connectivity index (χ3v) is 3.27. The first-order valence-corrected chi connectivity index (χ1v) is 6.39. The van der Waals surface area contributed by atoms with Crippen molar-refractivity contribution in [1.29, 1.82) is 0 Å². The summed E-state index contributed by atoms with van der Waals surface area (Å²) in [5, 5.41) is 0. The molecule has 7 nitrogen and oxygen atoms in total. The smallest absolute Gasteiger partial charge is 0.329 e. The first kappa shape index (κ1) is 13.5. The van der Waals surface area contributed by atoms with Crippen molar-refractivity contribution in [2.75, 3.05) is 6.54 Å². The fraction of sp³-hybridized carbons (Fsp3) is 0.583. The van der Waals surface area contributed by atoms with Gasteiger partial charge in [0.05, 0.1) is 0 Å². The van der Waals surface area contributed by atoms with Crippen molar-refractivity contribution >= 4 is 11.2 Å². The Labute approximate surface area is 110 Å². The zero-order valence-corrected chi connectivity index (χ0v) is 11.5. The molecule has 0 aliphatic heterocycles. The summed E-state index contributed by atoms with van der Waals surface area (Å²) in [5.41, 5.74) is 5.75. The molecule has 0 aliphatic carbocycles. The van der Waals surface area contributed by atoms with Crippen molar-refractivity contribution in [3.05, 3.63) is 26.7 Å². The number of nitrogens with zero attached hydrogens (tertiary/aromatic N) is 4. The second-order valence-corrected chi connectivity index (χ2v) is 4.57. The van der Waals surface area contributed by atoms with Crippen LogP contribution in [0.4, 0.5) is 0 Å². The van der Waals surface area contributed by atoms with Crippen LogP contribution in [-0.4, -0.2) is 25.2 Å². The standard InChI is InChI=1S/C12H19N5O2/c1-4-6-16-10-9(15(3)8(2)14-10)11(18)17(7-5-13)12(16)19/h4-7,13H2,1-3H3. The van der Waals surface area contributed by atoms with Crippen LogP contribution in [0.3, 0.4) is 0 Å². The van der Waals surface area contributed by atoms with Gasteiger partial charge in [0.15, 0.2) is 11.2 Å². The Kier molecular flexibility index (Phi) is 3.57. The predicted octanol–water partition coefficient (Wildman–Crippen LogP) is -0.426. The highest BCUT2D eigenvalue weighted by Gasteiger charge is 2.17. The second kappa shape index (κ2) is 5.00. The minimum absolute atomic E-state index is 0.224. The monoisotopic (exact) mass is 265 g/mol. The molecule has 0 bridgehead atoms. The number of nitrogens with two attached hydrogens (primary N) is 1. The average molecular weight is 265 g/mol. The number of aryl methyl sites for hydroxylation is 3. The van der Waals surface area contributed by atoms with E-state index in [2.05, 4.69) is 4.98 Å². The lowest BCUT2D eigenvalue weighted by Gasteiger charge is -2.10. The van der Waals surface area contributed by atoms with E-state index in [-0.39, 0.29) is 24.3 Å². The third kappa shape index (κ3) is 1.99. The van der Waals surface area contributed by atoms with Crippen molar-refractivity contribution in [2.24, 2.45) is 12.8 Å². The Morgan fingerprint density at radius 1 is 1.21 bits per heavy atom. The molecule has 0 fully saturated rings. The van der Waals surface area contributed by atoms with Crippen LogP contribution in [0.25, 0.3) is 11.2 Å². The molecule has 0 spiro atoms. The number of hydrogen-bond acceptors (Lipinski definition) is 4. The molecular weight excluding hydrogens is 246 g/mol. The Balaban J connectivity index is 2.95. The zero-order valence-electron chi connectivity index (χ0n) is 11.5. The molecule has 0 atom stereocenters. The van der Waals surface area contributed by atoms with E-state index in [0.29, 0.717) is 23.5 Å². The van der Waals surface area contributed by atoms with E-state index in [1.807, 2.05) is 13.8 Å². The molecule has 0 aromatic carbocycles. The van der Waals surface area contributed by atoms with Gasteiger partial charge in [0.25, 0.3) is 5.56 Å². The minimum atomic E-state index is -0.331. The highest BCUT2D eigenvalue weighted by molar-refractivity contribution is 5.70. The maximum atomic E-state index is 12.4. The number of rotatable bonds is 4. The first-order chi connectivity index (χ1) is 9.02. The summed E-state index contributed by atoms with van der Waals surface area (Å²) in [6.45, 7) is 4.81. The molecule has 7 heteroatoms. The van der Waals surface area contributed by atoms with E-state index < -0.39 is 0 Å². The molecule has 2 N–H and O–H groups in total. The molecule has 2 rings (SSSR count). The van der Waals surface area contributed by atoms with Gasteiger partial charge >= 0.3 is 5.69 Å². The van der Waals surface area contributed by atoms with E-state index in [1.54, 1.807) is 16.2 Å². The van der Waals surface area contributed by atoms with Crippen LogP contribution in [-0.2, 0) is 20.1 Å². The summed E-state index contributed by atoms with van der Waals surface area (Å²) in [4.78, 5) is 29.0. The van der Waals surface area contributed by atoms with E-state index in [4.69, 9.17) is 5.73 Å². The predicted molar refractivity (Wildman–Crippen MR) is 73.3 cm³/mol. The van der Waals surface area contributed by atoms with Gasteiger partial charge in [-0.25, -0.2) is 9.78 Å². The van der Waals surface area contributed by atoms with Gasteiger partial charge in [0.2, 0.25) is 0 Å². The molecule has 0 unspecified atom stereocenters. The number of aromatic nitrogens is 4. The van der Waals surface area contributed by atoms with Gasteiger partial charge in [-0.3, -0.25) is 13.9 Å². The lowest BCUT2D eigenvalue weighted by Crippen LogP contribution is -2.42. The summed E-state index contributed by atoms with van der Waals surface area (Å²) >= 11 is 0. The van der Waals surface area contributed by atoms with Crippen molar-refractivity contribution in [2.45, 2.75) is 33.4 Å². The fourth-order valence-electron chi connectivity index (χ4n) is 2.22. The fourth-order valence-corrected chi connectivity index (χ4v) is 2.22. The SMILES string of the molecule is CCCn1c(=O)n(CCN)c(=O)c2c1nc(C)n2C. The van der Waals surface area contributed by atoms with Crippen molar-refractivity contribution in [3.8, 4) is 0 Å². The molecule has 0 aliphatic rings. The largest absolute Gasteiger partial charge is 0.332 e. The molecule has 0 saturated carbocycles. The van der Waals surface area contributed by atoms with Gasteiger partial charge in [0, 0.05) is 26.7 Å². The van der Waals surface area contributed by atoms with Crippen LogP contribution in [0, 0.1) is 6.92 Å². The summed E-state index contributed by atoms with van der Waals surface area (Å²) in [5.74, 6) is 0.710. The van der Waals surface area contributed by atoms with Crippen molar-refractivity contribution < 1.29 is 0 Å². The van der Waals surface area contributed by atoms with Crippen LogP contribution < -0.4 is 17.0 Å². The molecule has 2 aromatic heterocycles. The Bertz CT molecular complexity index is 722. The van der Waals surface area contributed by atoms with Crippen molar-refractivity contribution in [3.63, 3.8) is 0 Å². The maximum absolute atomic E-state index is 12.4. The van der Waals surface area contributed by atoms with Crippen LogP contribution in [0.15, 0.2) is 9.59 Å². The van der Waals surface area contributed by atoms with Gasteiger partial charge < -0.3 is 10.3 Å². The third-order valence-electron chi connectivity index (χ3n) is 3.27. The zero-order chi connectivity index (χ0) is 14.2. The Morgan fingerprint density at radius 3 is 2.47 bits per heavy atom. The van der Waals surface area contributed by atoms with Crippen LogP contribution in [0.2, 0.25) is 0 Å². The van der Waals surface area contributed by atoms with Gasteiger partial charge in [0.1, 0.15) is 5.82 Å². The molecule has 0 saturated heterocycles. The Hall–Kier alpha value is -1.89. The molecule has 0 amide bonds. The normalized spacial score (nSPS) is 11.4. The second-order valence-electron chi connectivity index (χ2n) is 4.57. The topological polar surface area (TPSA) is 87.8 Å². The van der Waals surface area contributed by atoms with E-state index >= 15 is 0 Å². The number of imidazole rings is 1. The van der Waals surface area contributed by atoms with Gasteiger partial charge in [-0.05, 0) is 13.3 Å². The number of fused-ring (bicyclic) bond motifs is 1. The summed E-state index contributed by atoms with van der Waals surface area (Å²) in [7, 11) is 1.78. The summed E-state index contributed by atoms with van der Waals surface area (Å²) < 4.78 is 4.47. The molecular formula is C12H19N5O2. The summed E-state index contributed by atoms with van der Waals surface area (Å²) in [6, 6.07) is 0.